The summed E-state index contributed by atoms with van der Waals surface area (Å²) in [5.41, 5.74) is 3.70. The van der Waals surface area contributed by atoms with Crippen molar-refractivity contribution >= 4 is 23.6 Å². The Hall–Kier alpha value is -1.10. The van der Waals surface area contributed by atoms with Gasteiger partial charge in [-0.2, -0.15) is 0 Å². The van der Waals surface area contributed by atoms with Crippen molar-refractivity contribution in [1.29, 1.82) is 0 Å². The predicted octanol–water partition coefficient (Wildman–Crippen LogP) is 3.13. The van der Waals surface area contributed by atoms with Crippen LogP contribution in [0.5, 0.6) is 0 Å². The lowest BCUT2D eigenvalue weighted by Gasteiger charge is -2.04. The molecule has 1 aromatic rings. The monoisotopic (exact) mass is 272 g/mol. The summed E-state index contributed by atoms with van der Waals surface area (Å²) < 4.78 is 0. The van der Waals surface area contributed by atoms with Crippen LogP contribution < -0.4 is 10.8 Å². The number of carbonyl (C=O) groups is 1. The van der Waals surface area contributed by atoms with Gasteiger partial charge in [-0.1, -0.05) is 31.0 Å². The summed E-state index contributed by atoms with van der Waals surface area (Å²) in [7, 11) is 3.46. The van der Waals surface area contributed by atoms with E-state index in [2.05, 4.69) is 22.6 Å². The summed E-state index contributed by atoms with van der Waals surface area (Å²) >= 11 is 5.77. The molecule has 0 radical (unpaired) electrons. The fraction of sp³-hybridized carbons (Fsp3) is 0.462. The molecule has 0 unspecified atom stereocenters. The van der Waals surface area contributed by atoms with Gasteiger partial charge in [0.2, 0.25) is 0 Å². The Morgan fingerprint density at radius 3 is 2.61 bits per heavy atom. The Balaban J connectivity index is 0.000000411. The van der Waals surface area contributed by atoms with Crippen molar-refractivity contribution in [3.63, 3.8) is 0 Å². The molecule has 0 saturated carbocycles. The molecule has 0 fully saturated rings. The molecule has 1 rings (SSSR count). The SMILES string of the molecule is CCCCNC.CONc1cc(C=O)ccc1Cl. The number of unbranched alkanes of at least 4 members (excludes halogenated alkanes) is 1. The average Bonchev–Trinajstić information content (AvgIpc) is 2.40. The normalized spacial score (nSPS) is 9.33. The highest BCUT2D eigenvalue weighted by atomic mass is 35.5. The van der Waals surface area contributed by atoms with Gasteiger partial charge < -0.3 is 5.32 Å². The van der Waals surface area contributed by atoms with Gasteiger partial charge in [0.1, 0.15) is 6.29 Å². The van der Waals surface area contributed by atoms with Gasteiger partial charge in [-0.05, 0) is 32.1 Å². The van der Waals surface area contributed by atoms with E-state index >= 15 is 0 Å². The average molecular weight is 273 g/mol. The zero-order chi connectivity index (χ0) is 13.8. The standard InChI is InChI=1S/C8H8ClNO2.C5H13N/c1-12-10-8-4-6(5-11)2-3-7(8)9;1-3-4-5-6-2/h2-5,10H,1H3;6H,3-5H2,1-2H3. The highest BCUT2D eigenvalue weighted by Crippen LogP contribution is 2.21. The van der Waals surface area contributed by atoms with Gasteiger partial charge in [-0.15, -0.1) is 0 Å². The number of carbonyl (C=O) groups excluding carboxylic acids is 1. The van der Waals surface area contributed by atoms with Gasteiger partial charge >= 0.3 is 0 Å². The number of aldehydes is 1. The van der Waals surface area contributed by atoms with Crippen LogP contribution >= 0.6 is 11.6 Å². The van der Waals surface area contributed by atoms with Crippen molar-refractivity contribution < 1.29 is 9.63 Å². The van der Waals surface area contributed by atoms with Gasteiger partial charge in [0.05, 0.1) is 17.8 Å². The van der Waals surface area contributed by atoms with Crippen LogP contribution in [0.15, 0.2) is 18.2 Å². The Morgan fingerprint density at radius 1 is 1.44 bits per heavy atom. The second-order valence-electron chi connectivity index (χ2n) is 3.62. The lowest BCUT2D eigenvalue weighted by molar-refractivity contribution is 0.112. The minimum atomic E-state index is 0.516. The second kappa shape index (κ2) is 11.0. The van der Waals surface area contributed by atoms with Crippen molar-refractivity contribution in [2.24, 2.45) is 0 Å². The highest BCUT2D eigenvalue weighted by molar-refractivity contribution is 6.33. The number of benzene rings is 1. The fourth-order valence-corrected chi connectivity index (χ4v) is 1.31. The maximum absolute atomic E-state index is 10.4. The maximum atomic E-state index is 10.4. The van der Waals surface area contributed by atoms with E-state index in [0.29, 0.717) is 16.3 Å². The molecule has 4 nitrogen and oxygen atoms in total. The Kier molecular flexibility index (Phi) is 10.3. The summed E-state index contributed by atoms with van der Waals surface area (Å²) in [6.07, 6.45) is 3.34. The van der Waals surface area contributed by atoms with Crippen LogP contribution in [0.25, 0.3) is 0 Å². The summed E-state index contributed by atoms with van der Waals surface area (Å²) in [6, 6.07) is 4.88. The molecule has 0 aliphatic rings. The van der Waals surface area contributed by atoms with Crippen LogP contribution in [0.2, 0.25) is 5.02 Å². The van der Waals surface area contributed by atoms with Crippen molar-refractivity contribution in [2.45, 2.75) is 19.8 Å². The zero-order valence-corrected chi connectivity index (χ0v) is 11.9. The first-order chi connectivity index (χ1) is 8.69. The number of anilines is 1. The van der Waals surface area contributed by atoms with Crippen molar-refractivity contribution in [2.75, 3.05) is 26.2 Å². The molecule has 2 N–H and O–H groups in total. The molecule has 0 spiro atoms. The van der Waals surface area contributed by atoms with Crippen molar-refractivity contribution in [3.8, 4) is 0 Å². The molecule has 0 amide bonds. The smallest absolute Gasteiger partial charge is 0.150 e. The third-order valence-electron chi connectivity index (χ3n) is 2.12. The quantitative estimate of drug-likeness (QED) is 0.475. The third kappa shape index (κ3) is 7.27. The van der Waals surface area contributed by atoms with E-state index < -0.39 is 0 Å². The number of hydrogen-bond acceptors (Lipinski definition) is 4. The molecule has 0 atom stereocenters. The molecule has 18 heavy (non-hydrogen) atoms. The van der Waals surface area contributed by atoms with Crippen molar-refractivity contribution in [1.82, 2.24) is 5.32 Å². The zero-order valence-electron chi connectivity index (χ0n) is 11.1. The molecular weight excluding hydrogens is 252 g/mol. The largest absolute Gasteiger partial charge is 0.320 e. The Bertz CT molecular complexity index is 342. The summed E-state index contributed by atoms with van der Waals surface area (Å²) in [5, 5.41) is 3.58. The number of nitrogens with one attached hydrogen (secondary N) is 2. The van der Waals surface area contributed by atoms with Crippen LogP contribution in [0.4, 0.5) is 5.69 Å². The first-order valence-corrected chi connectivity index (χ1v) is 6.25. The molecule has 0 aromatic heterocycles. The molecule has 0 aliphatic heterocycles. The van der Waals surface area contributed by atoms with Gasteiger partial charge in [-0.3, -0.25) is 15.1 Å². The molecular formula is C13H21ClN2O2. The molecule has 5 heteroatoms. The molecule has 0 saturated heterocycles. The Labute approximate surface area is 114 Å². The highest BCUT2D eigenvalue weighted by Gasteiger charge is 1.99. The van der Waals surface area contributed by atoms with E-state index in [0.717, 1.165) is 12.8 Å². The minimum absolute atomic E-state index is 0.516. The lowest BCUT2D eigenvalue weighted by Crippen LogP contribution is -2.06. The van der Waals surface area contributed by atoms with Crippen molar-refractivity contribution in [3.05, 3.63) is 28.8 Å². The number of halogens is 1. The first kappa shape index (κ1) is 16.9. The fourth-order valence-electron chi connectivity index (χ4n) is 1.16. The van der Waals surface area contributed by atoms with E-state index in [-0.39, 0.29) is 0 Å². The van der Waals surface area contributed by atoms with Gasteiger partial charge in [0, 0.05) is 5.56 Å². The van der Waals surface area contributed by atoms with E-state index in [1.54, 1.807) is 18.2 Å². The van der Waals surface area contributed by atoms with Gasteiger partial charge in [0.15, 0.2) is 0 Å². The minimum Gasteiger partial charge on any atom is -0.320 e. The van der Waals surface area contributed by atoms with Crippen LogP contribution in [-0.2, 0) is 4.84 Å². The topological polar surface area (TPSA) is 50.4 Å². The summed E-state index contributed by atoms with van der Waals surface area (Å²) in [4.78, 5) is 15.0. The summed E-state index contributed by atoms with van der Waals surface area (Å²) in [5.74, 6) is 0. The van der Waals surface area contributed by atoms with E-state index in [1.165, 1.54) is 20.0 Å². The van der Waals surface area contributed by atoms with Crippen LogP contribution in [0, 0.1) is 0 Å². The first-order valence-electron chi connectivity index (χ1n) is 5.87. The lowest BCUT2D eigenvalue weighted by atomic mass is 10.2. The summed E-state index contributed by atoms with van der Waals surface area (Å²) in [6.45, 7) is 3.36. The van der Waals surface area contributed by atoms with Gasteiger partial charge in [0.25, 0.3) is 0 Å². The number of hydrogen-bond donors (Lipinski definition) is 2. The predicted molar refractivity (Wildman–Crippen MR) is 76.3 cm³/mol. The molecule has 0 bridgehead atoms. The van der Waals surface area contributed by atoms with Crippen LogP contribution in [0.3, 0.4) is 0 Å². The van der Waals surface area contributed by atoms with Crippen LogP contribution in [-0.4, -0.2) is 27.0 Å². The maximum Gasteiger partial charge on any atom is 0.150 e. The molecule has 1 aromatic carbocycles. The third-order valence-corrected chi connectivity index (χ3v) is 2.45. The molecule has 102 valence electrons. The van der Waals surface area contributed by atoms with E-state index in [9.17, 15) is 4.79 Å². The van der Waals surface area contributed by atoms with Gasteiger partial charge in [-0.25, -0.2) is 0 Å². The van der Waals surface area contributed by atoms with E-state index in [4.69, 9.17) is 11.6 Å². The second-order valence-corrected chi connectivity index (χ2v) is 4.03. The van der Waals surface area contributed by atoms with E-state index in [1.807, 2.05) is 7.05 Å². The molecule has 0 aliphatic carbocycles. The molecule has 0 heterocycles. The van der Waals surface area contributed by atoms with Crippen LogP contribution in [0.1, 0.15) is 30.1 Å². The number of rotatable bonds is 6. The Morgan fingerprint density at radius 2 is 2.17 bits per heavy atom.